The molecule has 0 aromatic heterocycles. The van der Waals surface area contributed by atoms with E-state index >= 15 is 0 Å². The number of carbonyl (C=O) groups is 2. The number of hydrogen-bond donors (Lipinski definition) is 2. The number of nitrogens with one attached hydrogen (secondary N) is 1. The van der Waals surface area contributed by atoms with E-state index in [2.05, 4.69) is 25.2 Å². The molecule has 1 fully saturated rings. The molecule has 0 radical (unpaired) electrons. The number of benzene rings is 1. The highest BCUT2D eigenvalue weighted by molar-refractivity contribution is 6.00. The topological polar surface area (TPSA) is 75.4 Å². The number of halogens is 1. The summed E-state index contributed by atoms with van der Waals surface area (Å²) in [4.78, 5) is 26.6. The maximum absolute atomic E-state index is 12.5. The Morgan fingerprint density at radius 3 is 2.64 bits per heavy atom. The first kappa shape index (κ1) is 21.5. The number of nitrogens with two attached hydrogens (primary N) is 1. The van der Waals surface area contributed by atoms with Crippen molar-refractivity contribution in [2.45, 2.75) is 52.0 Å². The molecule has 3 N–H and O–H groups in total. The summed E-state index contributed by atoms with van der Waals surface area (Å²) >= 11 is 0. The summed E-state index contributed by atoms with van der Waals surface area (Å²) in [5, 5.41) is 2.86. The number of anilines is 1. The second-order valence-electron chi connectivity index (χ2n) is 7.48. The van der Waals surface area contributed by atoms with Crippen molar-refractivity contribution in [2.75, 3.05) is 18.0 Å². The molecule has 2 atom stereocenters. The molecule has 5 nitrogen and oxygen atoms in total. The number of hydrogen-bond acceptors (Lipinski definition) is 3. The highest BCUT2D eigenvalue weighted by Gasteiger charge is 2.36. The van der Waals surface area contributed by atoms with Gasteiger partial charge in [0.25, 0.3) is 0 Å². The van der Waals surface area contributed by atoms with Crippen molar-refractivity contribution in [1.29, 1.82) is 0 Å². The Hall–Kier alpha value is -1.59. The fourth-order valence-electron chi connectivity index (χ4n) is 2.95. The van der Waals surface area contributed by atoms with Gasteiger partial charge < -0.3 is 16.0 Å². The molecule has 2 unspecified atom stereocenters. The van der Waals surface area contributed by atoms with Crippen molar-refractivity contribution in [1.82, 2.24) is 5.32 Å². The minimum atomic E-state index is -0.457. The average Bonchev–Trinajstić information content (AvgIpc) is 2.93. The number of para-hydroxylation sites is 1. The van der Waals surface area contributed by atoms with Gasteiger partial charge in [-0.1, -0.05) is 32.0 Å². The average molecular weight is 368 g/mol. The van der Waals surface area contributed by atoms with E-state index in [9.17, 15) is 9.59 Å². The van der Waals surface area contributed by atoms with E-state index in [1.807, 2.05) is 32.0 Å². The predicted octanol–water partition coefficient (Wildman–Crippen LogP) is 2.83. The normalized spacial score (nSPS) is 18.7. The van der Waals surface area contributed by atoms with Crippen molar-refractivity contribution < 1.29 is 9.59 Å². The number of rotatable bonds is 6. The van der Waals surface area contributed by atoms with Crippen LogP contribution in [-0.4, -0.2) is 30.4 Å². The lowest BCUT2D eigenvalue weighted by molar-refractivity contribution is -0.126. The van der Waals surface area contributed by atoms with Crippen LogP contribution in [0.4, 0.5) is 5.69 Å². The highest BCUT2D eigenvalue weighted by Crippen LogP contribution is 2.33. The lowest BCUT2D eigenvalue weighted by atomic mass is 9.96. The van der Waals surface area contributed by atoms with Crippen LogP contribution in [0.2, 0.25) is 0 Å². The van der Waals surface area contributed by atoms with Gasteiger partial charge in [-0.25, -0.2) is 0 Å². The Morgan fingerprint density at radius 2 is 2.04 bits per heavy atom. The third kappa shape index (κ3) is 5.44. The van der Waals surface area contributed by atoms with Crippen LogP contribution in [0.25, 0.3) is 0 Å². The van der Waals surface area contributed by atoms with E-state index < -0.39 is 5.54 Å². The first-order valence-corrected chi connectivity index (χ1v) is 8.68. The quantitative estimate of drug-likeness (QED) is 0.811. The molecule has 2 amide bonds. The molecule has 6 heteroatoms. The molecular formula is C19H30ClN3O2. The smallest absolute Gasteiger partial charge is 0.227 e. The van der Waals surface area contributed by atoms with Crippen LogP contribution in [0, 0.1) is 5.92 Å². The predicted molar refractivity (Wildman–Crippen MR) is 104 cm³/mol. The third-order valence-electron chi connectivity index (χ3n) is 4.58. The van der Waals surface area contributed by atoms with Crippen LogP contribution in [0.1, 0.15) is 52.0 Å². The van der Waals surface area contributed by atoms with Gasteiger partial charge in [0, 0.05) is 30.7 Å². The maximum Gasteiger partial charge on any atom is 0.227 e. The van der Waals surface area contributed by atoms with Crippen molar-refractivity contribution in [3.8, 4) is 0 Å². The highest BCUT2D eigenvalue weighted by atomic mass is 35.5. The second-order valence-corrected chi connectivity index (χ2v) is 7.48. The molecule has 1 heterocycles. The maximum atomic E-state index is 12.5. The van der Waals surface area contributed by atoms with E-state index in [-0.39, 0.29) is 36.6 Å². The molecule has 1 aliphatic rings. The first-order valence-electron chi connectivity index (χ1n) is 8.68. The molecular weight excluding hydrogens is 338 g/mol. The lowest BCUT2D eigenvalue weighted by Crippen LogP contribution is -2.46. The summed E-state index contributed by atoms with van der Waals surface area (Å²) in [5.74, 6) is -0.0203. The fourth-order valence-corrected chi connectivity index (χ4v) is 2.95. The van der Waals surface area contributed by atoms with Gasteiger partial charge in [0.1, 0.15) is 0 Å². The van der Waals surface area contributed by atoms with Gasteiger partial charge in [0.05, 0.1) is 5.92 Å². The minimum absolute atomic E-state index is 0. The number of amides is 2. The van der Waals surface area contributed by atoms with E-state index in [1.54, 1.807) is 4.90 Å². The van der Waals surface area contributed by atoms with Crippen LogP contribution in [-0.2, 0) is 9.59 Å². The van der Waals surface area contributed by atoms with Crippen LogP contribution in [0.3, 0.4) is 0 Å². The molecule has 1 aliphatic heterocycles. The van der Waals surface area contributed by atoms with Gasteiger partial charge in [-0.2, -0.15) is 0 Å². The molecule has 0 bridgehead atoms. The van der Waals surface area contributed by atoms with E-state index in [1.165, 1.54) is 0 Å². The van der Waals surface area contributed by atoms with Crippen LogP contribution in [0.15, 0.2) is 24.3 Å². The van der Waals surface area contributed by atoms with Crippen molar-refractivity contribution in [2.24, 2.45) is 11.7 Å². The van der Waals surface area contributed by atoms with Gasteiger partial charge >= 0.3 is 0 Å². The first-order chi connectivity index (χ1) is 11.2. The van der Waals surface area contributed by atoms with E-state index in [0.717, 1.165) is 17.7 Å². The summed E-state index contributed by atoms with van der Waals surface area (Å²) in [6, 6.07) is 7.99. The summed E-state index contributed by atoms with van der Waals surface area (Å²) < 4.78 is 0. The van der Waals surface area contributed by atoms with Crippen molar-refractivity contribution >= 4 is 29.9 Å². The molecule has 1 aromatic carbocycles. The Kier molecular flexibility index (Phi) is 7.44. The van der Waals surface area contributed by atoms with Gasteiger partial charge in [0.15, 0.2) is 0 Å². The number of nitrogens with zero attached hydrogens (tertiary/aromatic N) is 1. The van der Waals surface area contributed by atoms with Gasteiger partial charge in [-0.15, -0.1) is 12.4 Å². The second kappa shape index (κ2) is 8.68. The van der Waals surface area contributed by atoms with Crippen LogP contribution < -0.4 is 16.0 Å². The Balaban J connectivity index is 0.00000312. The minimum Gasteiger partial charge on any atom is -0.354 e. The van der Waals surface area contributed by atoms with E-state index in [0.29, 0.717) is 19.0 Å². The Labute approximate surface area is 156 Å². The Bertz CT molecular complexity index is 613. The van der Waals surface area contributed by atoms with Gasteiger partial charge in [-0.3, -0.25) is 9.59 Å². The molecule has 0 saturated carbocycles. The van der Waals surface area contributed by atoms with Crippen LogP contribution in [0.5, 0.6) is 0 Å². The van der Waals surface area contributed by atoms with Crippen molar-refractivity contribution in [3.05, 3.63) is 29.8 Å². The molecule has 2 rings (SSSR count). The molecule has 140 valence electrons. The standard InChI is InChI=1S/C19H29N3O2.ClH/c1-5-13(2)15-8-6-7-9-16(15)22-11-14(10-17(22)23)18(24)21-12-19(3,4)20;/h6-9,13-14H,5,10-12,20H2,1-4H3,(H,21,24);1H. The molecule has 1 saturated heterocycles. The SMILES string of the molecule is CCC(C)c1ccccc1N1CC(C(=O)NCC(C)(C)N)CC1=O.Cl. The molecule has 1 aromatic rings. The Morgan fingerprint density at radius 1 is 1.40 bits per heavy atom. The van der Waals surface area contributed by atoms with Crippen molar-refractivity contribution in [3.63, 3.8) is 0 Å². The molecule has 0 spiro atoms. The number of carbonyl (C=O) groups excluding carboxylic acids is 2. The van der Waals surface area contributed by atoms with Gasteiger partial charge in [0.2, 0.25) is 11.8 Å². The summed E-state index contributed by atoms with van der Waals surface area (Å²) in [6.07, 6.45) is 1.26. The van der Waals surface area contributed by atoms with E-state index in [4.69, 9.17) is 5.73 Å². The zero-order valence-corrected chi connectivity index (χ0v) is 16.4. The molecule has 0 aliphatic carbocycles. The monoisotopic (exact) mass is 367 g/mol. The zero-order chi connectivity index (χ0) is 17.9. The third-order valence-corrected chi connectivity index (χ3v) is 4.58. The molecule has 25 heavy (non-hydrogen) atoms. The summed E-state index contributed by atoms with van der Waals surface area (Å²) in [5.41, 5.74) is 7.55. The summed E-state index contributed by atoms with van der Waals surface area (Å²) in [6.45, 7) is 8.86. The van der Waals surface area contributed by atoms with Crippen LogP contribution >= 0.6 is 12.4 Å². The largest absolute Gasteiger partial charge is 0.354 e. The van der Waals surface area contributed by atoms with Gasteiger partial charge in [-0.05, 0) is 37.8 Å². The zero-order valence-electron chi connectivity index (χ0n) is 15.5. The fraction of sp³-hybridized carbons (Fsp3) is 0.579. The summed E-state index contributed by atoms with van der Waals surface area (Å²) in [7, 11) is 0. The lowest BCUT2D eigenvalue weighted by Gasteiger charge is -2.23.